The Labute approximate surface area is 170 Å². The van der Waals surface area contributed by atoms with Crippen LogP contribution in [0.4, 0.5) is 10.5 Å². The first-order valence-corrected chi connectivity index (χ1v) is 9.48. The summed E-state index contributed by atoms with van der Waals surface area (Å²) in [4.78, 5) is 34.7. The molecule has 0 spiro atoms. The number of para-hydroxylation sites is 1. The quantitative estimate of drug-likeness (QED) is 0.200. The van der Waals surface area contributed by atoms with E-state index in [0.717, 1.165) is 12.8 Å². The number of nitro groups is 1. The van der Waals surface area contributed by atoms with E-state index in [1.807, 2.05) is 0 Å². The summed E-state index contributed by atoms with van der Waals surface area (Å²) in [6, 6.07) is 5.90. The van der Waals surface area contributed by atoms with Gasteiger partial charge in [-0.2, -0.15) is 0 Å². The van der Waals surface area contributed by atoms with Gasteiger partial charge >= 0.3 is 6.09 Å². The number of alkyl carbamates (subject to hydrolysis) is 1. The zero-order valence-electron chi connectivity index (χ0n) is 16.3. The minimum Gasteiger partial charge on any atom is -0.439 e. The van der Waals surface area contributed by atoms with Gasteiger partial charge in [0, 0.05) is 32.1 Å². The highest BCUT2D eigenvalue weighted by Gasteiger charge is 2.25. The first kappa shape index (κ1) is 23.9. The third-order valence-electron chi connectivity index (χ3n) is 4.06. The highest BCUT2D eigenvalue weighted by molar-refractivity contribution is 5.76. The smallest absolute Gasteiger partial charge is 0.407 e. The lowest BCUT2D eigenvalue weighted by molar-refractivity contribution is -0.386. The Morgan fingerprint density at radius 2 is 1.93 bits per heavy atom. The number of nitrogens with one attached hydrogen (secondary N) is 2. The van der Waals surface area contributed by atoms with E-state index in [1.165, 1.54) is 18.2 Å². The summed E-state index contributed by atoms with van der Waals surface area (Å²) in [7, 11) is 0. The van der Waals surface area contributed by atoms with Gasteiger partial charge in [0.1, 0.15) is 0 Å². The number of aliphatic hydroxyl groups is 1. The number of carbonyl (C=O) groups excluding carboxylic acids is 2. The van der Waals surface area contributed by atoms with Gasteiger partial charge < -0.3 is 20.5 Å². The number of terminal acetylenes is 1. The highest BCUT2D eigenvalue weighted by atomic mass is 16.6. The van der Waals surface area contributed by atoms with Gasteiger partial charge in [0.15, 0.2) is 6.10 Å². The topological polar surface area (TPSA) is 131 Å². The van der Waals surface area contributed by atoms with Crippen LogP contribution < -0.4 is 10.6 Å². The molecule has 29 heavy (non-hydrogen) atoms. The molecular weight excluding hydrogens is 378 g/mol. The maximum absolute atomic E-state index is 12.1. The van der Waals surface area contributed by atoms with Crippen LogP contribution >= 0.6 is 0 Å². The summed E-state index contributed by atoms with van der Waals surface area (Å²) in [6.07, 6.45) is 6.88. The number of rotatable bonds is 13. The summed E-state index contributed by atoms with van der Waals surface area (Å²) >= 11 is 0. The number of nitrogens with zero attached hydrogens (tertiary/aromatic N) is 1. The van der Waals surface area contributed by atoms with E-state index < -0.39 is 17.1 Å². The largest absolute Gasteiger partial charge is 0.439 e. The molecule has 9 heteroatoms. The fraction of sp³-hybridized carbons (Fsp3) is 0.500. The maximum atomic E-state index is 12.1. The second-order valence-corrected chi connectivity index (χ2v) is 6.28. The van der Waals surface area contributed by atoms with Gasteiger partial charge in [0.2, 0.25) is 5.91 Å². The minimum atomic E-state index is -1.03. The molecule has 0 aromatic heterocycles. The second kappa shape index (κ2) is 14.0. The first-order chi connectivity index (χ1) is 14.0. The Balaban J connectivity index is 2.73. The lowest BCUT2D eigenvalue weighted by atomic mass is 10.1. The van der Waals surface area contributed by atoms with Crippen molar-refractivity contribution in [2.75, 3.05) is 19.7 Å². The highest BCUT2D eigenvalue weighted by Crippen LogP contribution is 2.27. The summed E-state index contributed by atoms with van der Waals surface area (Å²) in [5, 5.41) is 25.2. The number of hydrogen-bond donors (Lipinski definition) is 3. The molecular formula is C20H27N3O6. The van der Waals surface area contributed by atoms with Crippen LogP contribution in [0.15, 0.2) is 24.3 Å². The van der Waals surface area contributed by atoms with Gasteiger partial charge in [-0.1, -0.05) is 25.0 Å². The van der Waals surface area contributed by atoms with E-state index in [4.69, 9.17) is 16.3 Å². The fourth-order valence-corrected chi connectivity index (χ4v) is 2.57. The Bertz CT molecular complexity index is 716. The predicted molar refractivity (Wildman–Crippen MR) is 107 cm³/mol. The van der Waals surface area contributed by atoms with Crippen LogP contribution in [0, 0.1) is 22.5 Å². The van der Waals surface area contributed by atoms with Crippen molar-refractivity contribution < 1.29 is 24.4 Å². The minimum absolute atomic E-state index is 0.111. The average molecular weight is 405 g/mol. The molecule has 9 nitrogen and oxygen atoms in total. The van der Waals surface area contributed by atoms with Crippen LogP contribution in [0.5, 0.6) is 0 Å². The predicted octanol–water partition coefficient (Wildman–Crippen LogP) is 2.44. The van der Waals surface area contributed by atoms with Crippen LogP contribution in [-0.4, -0.2) is 41.7 Å². The Morgan fingerprint density at radius 3 is 2.62 bits per heavy atom. The standard InChI is InChI=1S/C20H27N3O6/c1-2-3-12-19(25)22-15-18(16-10-6-7-11-17(16)23(27)28)29-20(26)21-13-8-4-5-9-14-24/h1,6-7,10-11,18,24H,3-5,8-9,12-15H2,(H,21,26)(H,22,25). The van der Waals surface area contributed by atoms with Gasteiger partial charge in [-0.25, -0.2) is 4.79 Å². The molecule has 1 unspecified atom stereocenters. The van der Waals surface area contributed by atoms with Crippen LogP contribution in [-0.2, 0) is 9.53 Å². The Hall–Kier alpha value is -3.12. The monoisotopic (exact) mass is 405 g/mol. The van der Waals surface area contributed by atoms with Crippen molar-refractivity contribution in [1.82, 2.24) is 10.6 Å². The Kier molecular flexibility index (Phi) is 11.5. The molecule has 0 saturated carbocycles. The van der Waals surface area contributed by atoms with Crippen molar-refractivity contribution >= 4 is 17.7 Å². The zero-order chi connectivity index (χ0) is 21.5. The normalized spacial score (nSPS) is 11.2. The molecule has 0 aliphatic carbocycles. The third kappa shape index (κ3) is 9.58. The van der Waals surface area contributed by atoms with Gasteiger partial charge in [-0.15, -0.1) is 12.3 Å². The molecule has 1 atom stereocenters. The molecule has 0 bridgehead atoms. The number of benzene rings is 1. The molecule has 0 heterocycles. The third-order valence-corrected chi connectivity index (χ3v) is 4.06. The second-order valence-electron chi connectivity index (χ2n) is 6.28. The van der Waals surface area contributed by atoms with Crippen molar-refractivity contribution in [3.8, 4) is 12.3 Å². The lowest BCUT2D eigenvalue weighted by Gasteiger charge is -2.19. The van der Waals surface area contributed by atoms with E-state index in [2.05, 4.69) is 16.6 Å². The summed E-state index contributed by atoms with van der Waals surface area (Å²) in [5.74, 6) is 2.02. The van der Waals surface area contributed by atoms with Crippen LogP contribution in [0.3, 0.4) is 0 Å². The van der Waals surface area contributed by atoms with E-state index in [-0.39, 0.29) is 43.2 Å². The number of unbranched alkanes of at least 4 members (excludes halogenated alkanes) is 3. The average Bonchev–Trinajstić information content (AvgIpc) is 2.72. The fourth-order valence-electron chi connectivity index (χ4n) is 2.57. The molecule has 0 saturated heterocycles. The molecule has 0 aliphatic heterocycles. The summed E-state index contributed by atoms with van der Waals surface area (Å²) in [6.45, 7) is 0.403. The molecule has 1 aromatic carbocycles. The van der Waals surface area contributed by atoms with Crippen LogP contribution in [0.25, 0.3) is 0 Å². The molecule has 0 radical (unpaired) electrons. The number of aliphatic hydroxyl groups excluding tert-OH is 1. The molecule has 1 rings (SSSR count). The summed E-state index contributed by atoms with van der Waals surface area (Å²) in [5.41, 5.74) is -0.0139. The van der Waals surface area contributed by atoms with Gasteiger partial charge in [-0.05, 0) is 18.9 Å². The van der Waals surface area contributed by atoms with Crippen molar-refractivity contribution in [2.24, 2.45) is 0 Å². The SMILES string of the molecule is C#CCCC(=O)NCC(OC(=O)NCCCCCCO)c1ccccc1[N+](=O)[O-]. The van der Waals surface area contributed by atoms with Crippen molar-refractivity contribution in [3.05, 3.63) is 39.9 Å². The van der Waals surface area contributed by atoms with E-state index >= 15 is 0 Å². The number of amides is 2. The van der Waals surface area contributed by atoms with E-state index in [0.29, 0.717) is 19.4 Å². The van der Waals surface area contributed by atoms with E-state index in [1.54, 1.807) is 6.07 Å². The zero-order valence-corrected chi connectivity index (χ0v) is 16.3. The van der Waals surface area contributed by atoms with E-state index in [9.17, 15) is 19.7 Å². The maximum Gasteiger partial charge on any atom is 0.407 e. The van der Waals surface area contributed by atoms with Crippen LogP contribution in [0.2, 0.25) is 0 Å². The molecule has 3 N–H and O–H groups in total. The number of hydrogen-bond acceptors (Lipinski definition) is 6. The van der Waals surface area contributed by atoms with Gasteiger partial charge in [0.25, 0.3) is 5.69 Å². The lowest BCUT2D eigenvalue weighted by Crippen LogP contribution is -2.33. The number of carbonyl (C=O) groups is 2. The van der Waals surface area contributed by atoms with Crippen molar-refractivity contribution in [3.63, 3.8) is 0 Å². The number of ether oxygens (including phenoxy) is 1. The van der Waals surface area contributed by atoms with Crippen LogP contribution in [0.1, 0.15) is 50.2 Å². The summed E-state index contributed by atoms with van der Waals surface area (Å²) < 4.78 is 5.36. The first-order valence-electron chi connectivity index (χ1n) is 9.48. The van der Waals surface area contributed by atoms with Gasteiger partial charge in [-0.3, -0.25) is 14.9 Å². The molecule has 2 amide bonds. The molecule has 1 aromatic rings. The van der Waals surface area contributed by atoms with Gasteiger partial charge in [0.05, 0.1) is 17.0 Å². The Morgan fingerprint density at radius 1 is 1.21 bits per heavy atom. The molecule has 0 aliphatic rings. The molecule has 0 fully saturated rings. The molecule has 158 valence electrons. The van der Waals surface area contributed by atoms with Crippen molar-refractivity contribution in [1.29, 1.82) is 0 Å². The van der Waals surface area contributed by atoms with Crippen molar-refractivity contribution in [2.45, 2.75) is 44.6 Å². The number of nitro benzene ring substituents is 1.